The van der Waals surface area contributed by atoms with Gasteiger partial charge in [0.05, 0.1) is 7.11 Å². The number of nitrogens with one attached hydrogen (secondary N) is 1. The first-order chi connectivity index (χ1) is 9.15. The average Bonchev–Trinajstić information content (AvgIpc) is 2.78. The molecule has 1 aliphatic carbocycles. The van der Waals surface area contributed by atoms with Gasteiger partial charge in [-0.2, -0.15) is 0 Å². The maximum Gasteiger partial charge on any atom is 0.119 e. The molecule has 1 saturated carbocycles. The van der Waals surface area contributed by atoms with Crippen LogP contribution >= 0.6 is 0 Å². The Balaban J connectivity index is 1.94. The van der Waals surface area contributed by atoms with E-state index in [1.165, 1.54) is 31.2 Å². The molecule has 1 aliphatic rings. The molecule has 2 atom stereocenters. The van der Waals surface area contributed by atoms with Crippen LogP contribution in [-0.4, -0.2) is 19.7 Å². The summed E-state index contributed by atoms with van der Waals surface area (Å²) in [5.74, 6) is 0.972. The number of hydrogen-bond donors (Lipinski definition) is 1. The lowest BCUT2D eigenvalue weighted by molar-refractivity contribution is 0.321. The standard InChI is InChI=1S/C17H27NO/c1-4-10-18-15-8-9-17(2,13-15)12-14-6-5-7-16(11-14)19-3/h5-7,11,15,18H,4,8-10,12-13H2,1-3H3. The van der Waals surface area contributed by atoms with E-state index in [0.717, 1.165) is 24.8 Å². The summed E-state index contributed by atoms with van der Waals surface area (Å²) in [6, 6.07) is 9.24. The maximum absolute atomic E-state index is 5.31. The molecular weight excluding hydrogens is 234 g/mol. The van der Waals surface area contributed by atoms with Crippen LogP contribution in [0.3, 0.4) is 0 Å². The van der Waals surface area contributed by atoms with E-state index < -0.39 is 0 Å². The Morgan fingerprint density at radius 1 is 1.42 bits per heavy atom. The zero-order chi connectivity index (χ0) is 13.7. The third-order valence-corrected chi connectivity index (χ3v) is 4.28. The maximum atomic E-state index is 5.31. The molecule has 0 aliphatic heterocycles. The van der Waals surface area contributed by atoms with E-state index in [1.54, 1.807) is 7.11 Å². The summed E-state index contributed by atoms with van der Waals surface area (Å²) in [6.45, 7) is 5.82. The van der Waals surface area contributed by atoms with E-state index in [0.29, 0.717) is 5.41 Å². The lowest BCUT2D eigenvalue weighted by atomic mass is 9.82. The largest absolute Gasteiger partial charge is 0.497 e. The zero-order valence-corrected chi connectivity index (χ0v) is 12.5. The van der Waals surface area contributed by atoms with Crippen LogP contribution in [0.1, 0.15) is 45.1 Å². The lowest BCUT2D eigenvalue weighted by Crippen LogP contribution is -2.28. The second kappa shape index (κ2) is 6.42. The number of benzene rings is 1. The fraction of sp³-hybridized carbons (Fsp3) is 0.647. The number of ether oxygens (including phenoxy) is 1. The first-order valence-electron chi connectivity index (χ1n) is 7.51. The molecule has 0 saturated heterocycles. The number of methoxy groups -OCH3 is 1. The number of rotatable bonds is 6. The third-order valence-electron chi connectivity index (χ3n) is 4.28. The molecule has 2 nitrogen and oxygen atoms in total. The third kappa shape index (κ3) is 3.97. The van der Waals surface area contributed by atoms with Gasteiger partial charge >= 0.3 is 0 Å². The fourth-order valence-electron chi connectivity index (χ4n) is 3.28. The van der Waals surface area contributed by atoms with Crippen molar-refractivity contribution in [3.8, 4) is 5.75 Å². The normalized spacial score (nSPS) is 26.6. The van der Waals surface area contributed by atoms with Crippen molar-refractivity contribution in [2.45, 2.75) is 52.0 Å². The summed E-state index contributed by atoms with van der Waals surface area (Å²) in [5.41, 5.74) is 1.84. The molecule has 2 heteroatoms. The van der Waals surface area contributed by atoms with Gasteiger partial charge in [0, 0.05) is 6.04 Å². The van der Waals surface area contributed by atoms with Gasteiger partial charge in [0.2, 0.25) is 0 Å². The van der Waals surface area contributed by atoms with Gasteiger partial charge in [0.15, 0.2) is 0 Å². The van der Waals surface area contributed by atoms with Gasteiger partial charge in [-0.3, -0.25) is 0 Å². The van der Waals surface area contributed by atoms with Gasteiger partial charge in [0.25, 0.3) is 0 Å². The van der Waals surface area contributed by atoms with Crippen molar-refractivity contribution in [2.75, 3.05) is 13.7 Å². The highest BCUT2D eigenvalue weighted by molar-refractivity contribution is 5.29. The predicted octanol–water partition coefficient (Wildman–Crippen LogP) is 3.80. The summed E-state index contributed by atoms with van der Waals surface area (Å²) in [4.78, 5) is 0. The molecule has 1 fully saturated rings. The van der Waals surface area contributed by atoms with Crippen LogP contribution in [0.25, 0.3) is 0 Å². The first kappa shape index (κ1) is 14.4. The van der Waals surface area contributed by atoms with Crippen molar-refractivity contribution >= 4 is 0 Å². The molecule has 1 aromatic rings. The summed E-state index contributed by atoms with van der Waals surface area (Å²) < 4.78 is 5.31. The molecule has 2 unspecified atom stereocenters. The Hall–Kier alpha value is -1.02. The Morgan fingerprint density at radius 3 is 3.00 bits per heavy atom. The monoisotopic (exact) mass is 261 g/mol. The minimum Gasteiger partial charge on any atom is -0.497 e. The topological polar surface area (TPSA) is 21.3 Å². The molecule has 0 heterocycles. The highest BCUT2D eigenvalue weighted by Crippen LogP contribution is 2.40. The Bertz CT molecular complexity index is 404. The predicted molar refractivity (Wildman–Crippen MR) is 80.7 cm³/mol. The quantitative estimate of drug-likeness (QED) is 0.841. The van der Waals surface area contributed by atoms with Crippen molar-refractivity contribution in [1.82, 2.24) is 5.32 Å². The smallest absolute Gasteiger partial charge is 0.119 e. The molecule has 0 spiro atoms. The zero-order valence-electron chi connectivity index (χ0n) is 12.5. The van der Waals surface area contributed by atoms with E-state index >= 15 is 0 Å². The van der Waals surface area contributed by atoms with Gasteiger partial charge in [0.1, 0.15) is 5.75 Å². The molecule has 0 aromatic heterocycles. The summed E-state index contributed by atoms with van der Waals surface area (Å²) >= 11 is 0. The van der Waals surface area contributed by atoms with Crippen LogP contribution in [0.15, 0.2) is 24.3 Å². The van der Waals surface area contributed by atoms with Crippen LogP contribution in [-0.2, 0) is 6.42 Å². The molecule has 1 N–H and O–H groups in total. The summed E-state index contributed by atoms with van der Waals surface area (Å²) in [5, 5.41) is 3.67. The van der Waals surface area contributed by atoms with Crippen LogP contribution in [0, 0.1) is 5.41 Å². The van der Waals surface area contributed by atoms with Gasteiger partial charge in [-0.1, -0.05) is 26.0 Å². The van der Waals surface area contributed by atoms with Gasteiger partial charge in [-0.05, 0) is 61.8 Å². The lowest BCUT2D eigenvalue weighted by Gasteiger charge is -2.24. The molecule has 19 heavy (non-hydrogen) atoms. The van der Waals surface area contributed by atoms with Crippen LogP contribution < -0.4 is 10.1 Å². The molecule has 0 bridgehead atoms. The van der Waals surface area contributed by atoms with Crippen LogP contribution in [0.5, 0.6) is 5.75 Å². The average molecular weight is 261 g/mol. The summed E-state index contributed by atoms with van der Waals surface area (Å²) in [7, 11) is 1.74. The van der Waals surface area contributed by atoms with E-state index in [2.05, 4.69) is 37.4 Å². The van der Waals surface area contributed by atoms with Crippen molar-refractivity contribution in [2.24, 2.45) is 5.41 Å². The Labute approximate surface area is 117 Å². The van der Waals surface area contributed by atoms with Crippen LogP contribution in [0.2, 0.25) is 0 Å². The minimum absolute atomic E-state index is 0.442. The van der Waals surface area contributed by atoms with Crippen LogP contribution in [0.4, 0.5) is 0 Å². The van der Waals surface area contributed by atoms with Crippen molar-refractivity contribution < 1.29 is 4.74 Å². The minimum atomic E-state index is 0.442. The molecule has 1 aromatic carbocycles. The van der Waals surface area contributed by atoms with Gasteiger partial charge < -0.3 is 10.1 Å². The van der Waals surface area contributed by atoms with Gasteiger partial charge in [-0.15, -0.1) is 0 Å². The molecule has 2 rings (SSSR count). The van der Waals surface area contributed by atoms with E-state index in [1.807, 2.05) is 6.07 Å². The van der Waals surface area contributed by atoms with E-state index in [4.69, 9.17) is 4.74 Å². The second-order valence-electron chi connectivity index (χ2n) is 6.23. The number of hydrogen-bond acceptors (Lipinski definition) is 2. The molecule has 0 amide bonds. The second-order valence-corrected chi connectivity index (χ2v) is 6.23. The first-order valence-corrected chi connectivity index (χ1v) is 7.51. The highest BCUT2D eigenvalue weighted by atomic mass is 16.5. The van der Waals surface area contributed by atoms with Crippen molar-refractivity contribution in [3.05, 3.63) is 29.8 Å². The summed E-state index contributed by atoms with van der Waals surface area (Å²) in [6.07, 6.45) is 6.33. The van der Waals surface area contributed by atoms with Gasteiger partial charge in [-0.25, -0.2) is 0 Å². The Kier molecular flexibility index (Phi) is 4.87. The molecule has 0 radical (unpaired) electrons. The molecular formula is C17H27NO. The van der Waals surface area contributed by atoms with Crippen molar-refractivity contribution in [3.63, 3.8) is 0 Å². The highest BCUT2D eigenvalue weighted by Gasteiger charge is 2.34. The van der Waals surface area contributed by atoms with E-state index in [9.17, 15) is 0 Å². The Morgan fingerprint density at radius 2 is 2.26 bits per heavy atom. The van der Waals surface area contributed by atoms with Crippen molar-refractivity contribution in [1.29, 1.82) is 0 Å². The fourth-order valence-corrected chi connectivity index (χ4v) is 3.28. The van der Waals surface area contributed by atoms with E-state index in [-0.39, 0.29) is 0 Å². The SMILES string of the molecule is CCCNC1CCC(C)(Cc2cccc(OC)c2)C1. The molecule has 106 valence electrons.